The predicted octanol–water partition coefficient (Wildman–Crippen LogP) is 2.74. The number of nitrogens with zero attached hydrogens (tertiary/aromatic N) is 1. The molecule has 1 aromatic rings. The van der Waals surface area contributed by atoms with Crippen LogP contribution in [0.15, 0.2) is 36.5 Å². The number of hydrogen-bond acceptors (Lipinski definition) is 3. The fourth-order valence-corrected chi connectivity index (χ4v) is 2.32. The van der Waals surface area contributed by atoms with Crippen molar-refractivity contribution in [2.24, 2.45) is 0 Å². The standard InChI is InChI=1S/C15H21NO2/c1-17-15(18-2)10-6-11-16(13-15)12-9-14-7-4-3-5-8-14/h3-5,7-9,12H,6,10-11,13H2,1-2H3. The molecule has 98 valence electrons. The van der Waals surface area contributed by atoms with Crippen LogP contribution in [0.25, 0.3) is 6.08 Å². The highest BCUT2D eigenvalue weighted by Crippen LogP contribution is 2.25. The molecule has 1 aliphatic heterocycles. The van der Waals surface area contributed by atoms with Crippen molar-refractivity contribution in [2.45, 2.75) is 18.6 Å². The third kappa shape index (κ3) is 3.12. The predicted molar refractivity (Wildman–Crippen MR) is 73.0 cm³/mol. The summed E-state index contributed by atoms with van der Waals surface area (Å²) >= 11 is 0. The molecule has 1 aromatic carbocycles. The van der Waals surface area contributed by atoms with E-state index in [0.29, 0.717) is 0 Å². The molecule has 2 rings (SSSR count). The Morgan fingerprint density at radius 2 is 1.89 bits per heavy atom. The Bertz CT molecular complexity index is 385. The SMILES string of the molecule is COC1(OC)CCCN(C=Cc2ccccc2)C1. The Hall–Kier alpha value is -1.32. The van der Waals surface area contributed by atoms with Crippen molar-refractivity contribution >= 4 is 6.08 Å². The highest BCUT2D eigenvalue weighted by molar-refractivity contribution is 5.48. The molecule has 3 heteroatoms. The number of hydrogen-bond donors (Lipinski definition) is 0. The zero-order valence-electron chi connectivity index (χ0n) is 11.1. The normalized spacial score (nSPS) is 19.3. The van der Waals surface area contributed by atoms with Crippen LogP contribution in [0.2, 0.25) is 0 Å². The first kappa shape index (κ1) is 13.1. The molecule has 0 bridgehead atoms. The van der Waals surface area contributed by atoms with E-state index in [0.717, 1.165) is 25.9 Å². The van der Waals surface area contributed by atoms with Crippen LogP contribution in [0.3, 0.4) is 0 Å². The summed E-state index contributed by atoms with van der Waals surface area (Å²) in [6.07, 6.45) is 6.29. The number of piperidine rings is 1. The van der Waals surface area contributed by atoms with E-state index in [9.17, 15) is 0 Å². The minimum atomic E-state index is -0.445. The van der Waals surface area contributed by atoms with Crippen molar-refractivity contribution in [3.63, 3.8) is 0 Å². The Morgan fingerprint density at radius 1 is 1.17 bits per heavy atom. The van der Waals surface area contributed by atoms with Gasteiger partial charge in [0, 0.05) is 27.2 Å². The van der Waals surface area contributed by atoms with E-state index in [1.807, 2.05) is 18.2 Å². The smallest absolute Gasteiger partial charge is 0.185 e. The van der Waals surface area contributed by atoms with Crippen molar-refractivity contribution in [1.29, 1.82) is 0 Å². The van der Waals surface area contributed by atoms with Gasteiger partial charge in [0.2, 0.25) is 0 Å². The van der Waals surface area contributed by atoms with Crippen LogP contribution in [-0.2, 0) is 9.47 Å². The molecule has 1 heterocycles. The van der Waals surface area contributed by atoms with Gasteiger partial charge in [0.1, 0.15) is 0 Å². The minimum Gasteiger partial charge on any atom is -0.372 e. The first-order valence-corrected chi connectivity index (χ1v) is 6.36. The quantitative estimate of drug-likeness (QED) is 0.764. The molecule has 0 spiro atoms. The fraction of sp³-hybridized carbons (Fsp3) is 0.467. The summed E-state index contributed by atoms with van der Waals surface area (Å²) in [6.45, 7) is 1.83. The van der Waals surface area contributed by atoms with Gasteiger partial charge in [-0.05, 0) is 24.3 Å². The third-order valence-corrected chi connectivity index (χ3v) is 3.47. The topological polar surface area (TPSA) is 21.7 Å². The molecule has 0 amide bonds. The van der Waals surface area contributed by atoms with Crippen LogP contribution in [0.1, 0.15) is 18.4 Å². The van der Waals surface area contributed by atoms with Crippen molar-refractivity contribution in [1.82, 2.24) is 4.90 Å². The van der Waals surface area contributed by atoms with Gasteiger partial charge in [-0.2, -0.15) is 0 Å². The van der Waals surface area contributed by atoms with Crippen LogP contribution < -0.4 is 0 Å². The molecule has 0 atom stereocenters. The largest absolute Gasteiger partial charge is 0.372 e. The lowest BCUT2D eigenvalue weighted by atomic mass is 10.0. The van der Waals surface area contributed by atoms with E-state index in [-0.39, 0.29) is 0 Å². The van der Waals surface area contributed by atoms with Crippen molar-refractivity contribution in [3.8, 4) is 0 Å². The van der Waals surface area contributed by atoms with Crippen molar-refractivity contribution < 1.29 is 9.47 Å². The second-order valence-electron chi connectivity index (χ2n) is 4.62. The zero-order chi connectivity index (χ0) is 12.8. The fourth-order valence-electron chi connectivity index (χ4n) is 2.32. The first-order chi connectivity index (χ1) is 8.78. The van der Waals surface area contributed by atoms with E-state index in [1.54, 1.807) is 14.2 Å². The number of likely N-dealkylation sites (tertiary alicyclic amines) is 1. The third-order valence-electron chi connectivity index (χ3n) is 3.47. The highest BCUT2D eigenvalue weighted by Gasteiger charge is 2.34. The van der Waals surface area contributed by atoms with E-state index in [2.05, 4.69) is 29.3 Å². The molecule has 1 fully saturated rings. The summed E-state index contributed by atoms with van der Waals surface area (Å²) in [6, 6.07) is 10.3. The molecular formula is C15H21NO2. The van der Waals surface area contributed by atoms with E-state index in [1.165, 1.54) is 5.56 Å². The van der Waals surface area contributed by atoms with Crippen LogP contribution >= 0.6 is 0 Å². The number of methoxy groups -OCH3 is 2. The average Bonchev–Trinajstić information content (AvgIpc) is 2.46. The average molecular weight is 247 g/mol. The summed E-state index contributed by atoms with van der Waals surface area (Å²) in [4.78, 5) is 2.25. The molecule has 18 heavy (non-hydrogen) atoms. The van der Waals surface area contributed by atoms with Crippen LogP contribution in [0, 0.1) is 0 Å². The molecule has 1 aliphatic rings. The van der Waals surface area contributed by atoms with E-state index >= 15 is 0 Å². The van der Waals surface area contributed by atoms with Crippen LogP contribution in [0.5, 0.6) is 0 Å². The van der Waals surface area contributed by atoms with Gasteiger partial charge in [0.25, 0.3) is 0 Å². The van der Waals surface area contributed by atoms with Gasteiger partial charge >= 0.3 is 0 Å². The summed E-state index contributed by atoms with van der Waals surface area (Å²) in [5.74, 6) is -0.445. The van der Waals surface area contributed by atoms with Gasteiger partial charge in [0.05, 0.1) is 6.54 Å². The Kier molecular flexibility index (Phi) is 4.39. The maximum absolute atomic E-state index is 5.51. The second kappa shape index (κ2) is 6.03. The Morgan fingerprint density at radius 3 is 2.56 bits per heavy atom. The minimum absolute atomic E-state index is 0.445. The molecule has 3 nitrogen and oxygen atoms in total. The van der Waals surface area contributed by atoms with Gasteiger partial charge < -0.3 is 14.4 Å². The number of ether oxygens (including phenoxy) is 2. The van der Waals surface area contributed by atoms with Gasteiger partial charge in [-0.1, -0.05) is 30.3 Å². The molecule has 0 unspecified atom stereocenters. The number of benzene rings is 1. The summed E-state index contributed by atoms with van der Waals surface area (Å²) in [7, 11) is 3.43. The monoisotopic (exact) mass is 247 g/mol. The van der Waals surface area contributed by atoms with E-state index in [4.69, 9.17) is 9.47 Å². The van der Waals surface area contributed by atoms with Crippen molar-refractivity contribution in [2.75, 3.05) is 27.3 Å². The molecule has 1 saturated heterocycles. The van der Waals surface area contributed by atoms with Crippen molar-refractivity contribution in [3.05, 3.63) is 42.1 Å². The first-order valence-electron chi connectivity index (χ1n) is 6.36. The lowest BCUT2D eigenvalue weighted by Crippen LogP contribution is -2.48. The number of rotatable bonds is 4. The zero-order valence-corrected chi connectivity index (χ0v) is 11.1. The van der Waals surface area contributed by atoms with Gasteiger partial charge in [0.15, 0.2) is 5.79 Å². The molecule has 0 N–H and O–H groups in total. The molecular weight excluding hydrogens is 226 g/mol. The highest BCUT2D eigenvalue weighted by atomic mass is 16.7. The van der Waals surface area contributed by atoms with Gasteiger partial charge in [-0.25, -0.2) is 0 Å². The van der Waals surface area contributed by atoms with Crippen LogP contribution in [0.4, 0.5) is 0 Å². The maximum atomic E-state index is 5.51. The van der Waals surface area contributed by atoms with Gasteiger partial charge in [-0.15, -0.1) is 0 Å². The van der Waals surface area contributed by atoms with Gasteiger partial charge in [-0.3, -0.25) is 0 Å². The molecule has 0 radical (unpaired) electrons. The Labute approximate surface area is 109 Å². The van der Waals surface area contributed by atoms with Crippen LogP contribution in [-0.4, -0.2) is 38.0 Å². The maximum Gasteiger partial charge on any atom is 0.185 e. The molecule has 0 aliphatic carbocycles. The lowest BCUT2D eigenvalue weighted by Gasteiger charge is -2.40. The lowest BCUT2D eigenvalue weighted by molar-refractivity contribution is -0.227. The Balaban J connectivity index is 2.00. The molecule has 0 aromatic heterocycles. The summed E-state index contributed by atoms with van der Waals surface area (Å²) in [5, 5.41) is 0. The molecule has 0 saturated carbocycles. The summed E-state index contributed by atoms with van der Waals surface area (Å²) in [5.41, 5.74) is 1.21. The summed E-state index contributed by atoms with van der Waals surface area (Å²) < 4.78 is 11.0. The van der Waals surface area contributed by atoms with E-state index < -0.39 is 5.79 Å². The second-order valence-corrected chi connectivity index (χ2v) is 4.62.